The van der Waals surface area contributed by atoms with Gasteiger partial charge in [-0.1, -0.05) is 253 Å². The number of rotatable bonds is 4. The van der Waals surface area contributed by atoms with E-state index in [4.69, 9.17) is 0 Å². The van der Waals surface area contributed by atoms with Crippen molar-refractivity contribution in [1.82, 2.24) is 0 Å². The molecule has 0 heteroatoms. The highest BCUT2D eigenvalue weighted by molar-refractivity contribution is 6.35. The van der Waals surface area contributed by atoms with E-state index < -0.39 is 0 Å². The highest BCUT2D eigenvalue weighted by atomic mass is 14.4. The van der Waals surface area contributed by atoms with Gasteiger partial charge in [0.1, 0.15) is 0 Å². The number of benzene rings is 11. The molecule has 2 aliphatic rings. The van der Waals surface area contributed by atoms with Crippen LogP contribution < -0.4 is 0 Å². The molecule has 13 rings (SSSR count). The summed E-state index contributed by atoms with van der Waals surface area (Å²) in [4.78, 5) is 0. The van der Waals surface area contributed by atoms with Crippen molar-refractivity contribution in [3.63, 3.8) is 0 Å². The van der Waals surface area contributed by atoms with E-state index >= 15 is 0 Å². The Morgan fingerprint density at radius 2 is 0.486 bits per heavy atom. The van der Waals surface area contributed by atoms with Crippen LogP contribution in [0, 0.1) is 0 Å². The molecule has 74 heavy (non-hydrogen) atoms. The molecular formula is C74H66. The van der Waals surface area contributed by atoms with E-state index in [1.807, 2.05) is 0 Å². The van der Waals surface area contributed by atoms with Gasteiger partial charge < -0.3 is 0 Å². The Labute approximate surface area is 438 Å². The van der Waals surface area contributed by atoms with Crippen molar-refractivity contribution < 1.29 is 0 Å². The first-order chi connectivity index (χ1) is 35.3. The highest BCUT2D eigenvalue weighted by Gasteiger charge is 2.38. The third-order valence-electron chi connectivity index (χ3n) is 16.7. The molecule has 2 aliphatic carbocycles. The minimum absolute atomic E-state index is 0.0503. The van der Waals surface area contributed by atoms with E-state index in [2.05, 4.69) is 265 Å². The fourth-order valence-electron chi connectivity index (χ4n) is 12.7. The molecule has 0 bridgehead atoms. The summed E-state index contributed by atoms with van der Waals surface area (Å²) in [5.41, 5.74) is 26.2. The fourth-order valence-corrected chi connectivity index (χ4v) is 12.7. The molecule has 0 atom stereocenters. The zero-order valence-corrected chi connectivity index (χ0v) is 45.3. The Hall–Kier alpha value is -7.54. The van der Waals surface area contributed by atoms with E-state index in [1.165, 1.54) is 154 Å². The van der Waals surface area contributed by atoms with Crippen LogP contribution in [0.1, 0.15) is 105 Å². The van der Waals surface area contributed by atoms with Crippen LogP contribution in [0.3, 0.4) is 0 Å². The van der Waals surface area contributed by atoms with Crippen molar-refractivity contribution in [2.24, 2.45) is 0 Å². The largest absolute Gasteiger partial charge is 0.0622 e. The molecular weight excluding hydrogens is 889 g/mol. The summed E-state index contributed by atoms with van der Waals surface area (Å²) in [5.74, 6) is 0. The van der Waals surface area contributed by atoms with Gasteiger partial charge in [0, 0.05) is 0 Å². The molecule has 0 amide bonds. The fraction of sp³-hybridized carbons (Fsp3) is 0.216. The van der Waals surface area contributed by atoms with E-state index in [1.54, 1.807) is 0 Å². The van der Waals surface area contributed by atoms with Gasteiger partial charge in [-0.25, -0.2) is 0 Å². The first-order valence-corrected chi connectivity index (χ1v) is 26.9. The van der Waals surface area contributed by atoms with Gasteiger partial charge in [-0.2, -0.15) is 0 Å². The van der Waals surface area contributed by atoms with Crippen LogP contribution in [0.15, 0.2) is 182 Å². The predicted molar refractivity (Wildman–Crippen MR) is 322 cm³/mol. The zero-order chi connectivity index (χ0) is 51.4. The summed E-state index contributed by atoms with van der Waals surface area (Å²) in [6.45, 7) is 28.4. The third-order valence-corrected chi connectivity index (χ3v) is 16.7. The molecule has 0 fully saturated rings. The van der Waals surface area contributed by atoms with Crippen LogP contribution in [0.25, 0.3) is 132 Å². The monoisotopic (exact) mass is 955 g/mol. The first-order valence-electron chi connectivity index (χ1n) is 26.9. The Morgan fingerprint density at radius 3 is 0.784 bits per heavy atom. The summed E-state index contributed by atoms with van der Waals surface area (Å²) < 4.78 is 0. The molecule has 0 N–H and O–H groups in total. The maximum Gasteiger partial charge on any atom is -0.000740 e. The number of hydrogen-bond acceptors (Lipinski definition) is 0. The molecule has 362 valence electrons. The lowest BCUT2D eigenvalue weighted by Crippen LogP contribution is -2.17. The van der Waals surface area contributed by atoms with Gasteiger partial charge in [-0.15, -0.1) is 0 Å². The van der Waals surface area contributed by atoms with E-state index in [0.29, 0.717) is 0 Å². The maximum absolute atomic E-state index is 2.52. The Kier molecular flexibility index (Phi) is 9.99. The van der Waals surface area contributed by atoms with Crippen LogP contribution in [0.2, 0.25) is 0 Å². The summed E-state index contributed by atoms with van der Waals surface area (Å²) in [5, 5.41) is 10.4. The smallest absolute Gasteiger partial charge is 0.000740 e. The second kappa shape index (κ2) is 16.0. The molecule has 0 heterocycles. The molecule has 0 nitrogen and oxygen atoms in total. The lowest BCUT2D eigenvalue weighted by molar-refractivity contribution is 0.568. The van der Waals surface area contributed by atoms with Gasteiger partial charge in [0.2, 0.25) is 0 Å². The van der Waals surface area contributed by atoms with Gasteiger partial charge in [-0.05, 0) is 188 Å². The quantitative estimate of drug-likeness (QED) is 0.154. The Bertz CT molecular complexity index is 3840. The molecule has 0 aliphatic heterocycles. The van der Waals surface area contributed by atoms with E-state index in [0.717, 1.165) is 0 Å². The second-order valence-electron chi connectivity index (χ2n) is 25.7. The lowest BCUT2D eigenvalue weighted by Gasteiger charge is -2.29. The molecule has 11 aromatic carbocycles. The van der Waals surface area contributed by atoms with Crippen molar-refractivity contribution in [3.05, 3.63) is 204 Å². The van der Waals surface area contributed by atoms with Gasteiger partial charge in [-0.3, -0.25) is 0 Å². The molecule has 0 saturated carbocycles. The topological polar surface area (TPSA) is 0 Å². The van der Waals surface area contributed by atoms with Crippen LogP contribution in [0.5, 0.6) is 0 Å². The predicted octanol–water partition coefficient (Wildman–Crippen LogP) is 21.5. The molecule has 0 unspecified atom stereocenters. The molecule has 0 saturated heterocycles. The molecule has 0 aromatic heterocycles. The van der Waals surface area contributed by atoms with Crippen molar-refractivity contribution >= 4 is 43.1 Å². The lowest BCUT2D eigenvalue weighted by atomic mass is 9.75. The maximum atomic E-state index is 2.52. The summed E-state index contributed by atoms with van der Waals surface area (Å²) in [6.07, 6.45) is 0. The van der Waals surface area contributed by atoms with Crippen molar-refractivity contribution in [2.75, 3.05) is 0 Å². The van der Waals surface area contributed by atoms with Crippen LogP contribution >= 0.6 is 0 Å². The SMILES string of the molecule is CC(C)(C)c1cc(-c2c3c(c(-c4cc(C(C)(C)C)cc(C(C)(C)C)c4)c4ccccc24)-c2ccc4c5c(ccc-3c25)-c2c-4c(-c3ccccc3)c3cc4ccccc4cc3c2-c2ccccc2)cc(C(C)(C)C)c1. The standard InChI is InChI=1S/C74H66/c1-71(2,3)49-35-47(36-50(41-49)72(4,5)6)63-53-29-21-22-30-54(53)64(48-37-51(73(7,8)9)42-52(38-48)74(10,11)12)70-58-34-32-56-65-55(31-33-57(66(58)65)69(63)70)67-61(43-23-15-13-16-24-43)59-39-45-27-19-20-28-46(45)40-60(59)62(68(56)67)44-25-17-14-18-26-44/h13-42H,1-12H3. The van der Waals surface area contributed by atoms with Crippen LogP contribution in [0.4, 0.5) is 0 Å². The molecule has 0 radical (unpaired) electrons. The normalized spacial score (nSPS) is 13.1. The van der Waals surface area contributed by atoms with Crippen LogP contribution in [-0.2, 0) is 21.7 Å². The zero-order valence-electron chi connectivity index (χ0n) is 45.3. The van der Waals surface area contributed by atoms with E-state index in [9.17, 15) is 0 Å². The van der Waals surface area contributed by atoms with Crippen molar-refractivity contribution in [1.29, 1.82) is 0 Å². The third kappa shape index (κ3) is 7.01. The minimum Gasteiger partial charge on any atom is -0.0622 e. The first kappa shape index (κ1) is 46.3. The van der Waals surface area contributed by atoms with Gasteiger partial charge in [0.25, 0.3) is 0 Å². The number of fused-ring (bicyclic) bond motifs is 9. The average molecular weight is 955 g/mol. The summed E-state index contributed by atoms with van der Waals surface area (Å²) >= 11 is 0. The molecule has 11 aromatic rings. The van der Waals surface area contributed by atoms with Crippen molar-refractivity contribution in [2.45, 2.75) is 105 Å². The summed E-state index contributed by atoms with van der Waals surface area (Å²) in [6, 6.07) is 70.6. The Balaban J connectivity index is 1.23. The van der Waals surface area contributed by atoms with Gasteiger partial charge >= 0.3 is 0 Å². The Morgan fingerprint density at radius 1 is 0.216 bits per heavy atom. The van der Waals surface area contributed by atoms with E-state index in [-0.39, 0.29) is 21.7 Å². The highest BCUT2D eigenvalue weighted by Crippen LogP contribution is 2.65. The summed E-state index contributed by atoms with van der Waals surface area (Å²) in [7, 11) is 0. The minimum atomic E-state index is -0.0503. The van der Waals surface area contributed by atoms with Crippen molar-refractivity contribution in [3.8, 4) is 89.0 Å². The number of hydrogen-bond donors (Lipinski definition) is 0. The van der Waals surface area contributed by atoms with Crippen LogP contribution in [-0.4, -0.2) is 0 Å². The second-order valence-corrected chi connectivity index (χ2v) is 25.7. The average Bonchev–Trinajstić information content (AvgIpc) is 4.02. The molecule has 0 spiro atoms. The van der Waals surface area contributed by atoms with Gasteiger partial charge in [0.05, 0.1) is 0 Å². The van der Waals surface area contributed by atoms with Gasteiger partial charge in [0.15, 0.2) is 0 Å².